The zero-order valence-electron chi connectivity index (χ0n) is 10.6. The molecule has 3 nitrogen and oxygen atoms in total. The second-order valence-corrected chi connectivity index (χ2v) is 5.25. The minimum Gasteiger partial charge on any atom is -0.409 e. The number of hydrogen-bond acceptors (Lipinski definition) is 3. The molecule has 2 aromatic carbocycles. The van der Waals surface area contributed by atoms with E-state index in [0.717, 1.165) is 34.4 Å². The smallest absolute Gasteiger partial charge is 0.170 e. The molecule has 0 saturated heterocycles. The van der Waals surface area contributed by atoms with Crippen molar-refractivity contribution in [3.8, 4) is 0 Å². The maximum atomic E-state index is 13.9. The van der Waals surface area contributed by atoms with Crippen molar-refractivity contribution in [3.63, 3.8) is 0 Å². The Morgan fingerprint density at radius 2 is 1.70 bits per heavy atom. The highest BCUT2D eigenvalue weighted by atomic mass is 32.2. The van der Waals surface area contributed by atoms with E-state index in [-0.39, 0.29) is 16.3 Å². The summed E-state index contributed by atoms with van der Waals surface area (Å²) in [5, 5.41) is 11.2. The second kappa shape index (κ2) is 5.92. The molecule has 2 aromatic rings. The second-order valence-electron chi connectivity index (χ2n) is 4.17. The zero-order valence-corrected chi connectivity index (χ0v) is 11.4. The summed E-state index contributed by atoms with van der Waals surface area (Å²) in [6.45, 7) is 1.93. The number of benzene rings is 2. The highest BCUT2D eigenvalue weighted by molar-refractivity contribution is 7.99. The van der Waals surface area contributed by atoms with Gasteiger partial charge < -0.3 is 10.9 Å². The van der Waals surface area contributed by atoms with E-state index in [1.165, 1.54) is 0 Å². The molecule has 3 N–H and O–H groups in total. The number of halogens is 2. The number of rotatable bonds is 3. The number of nitrogens with two attached hydrogens (primary N) is 1. The Morgan fingerprint density at radius 3 is 2.20 bits per heavy atom. The SMILES string of the molecule is Cc1ccc(Sc2c(F)cc(/C(N)=N/O)cc2F)cc1. The molecular weight excluding hydrogens is 282 g/mol. The van der Waals surface area contributed by atoms with Gasteiger partial charge in [0.15, 0.2) is 5.84 Å². The molecule has 0 fully saturated rings. The van der Waals surface area contributed by atoms with Crippen LogP contribution in [0.5, 0.6) is 0 Å². The first-order valence-corrected chi connectivity index (χ1v) is 6.54. The van der Waals surface area contributed by atoms with E-state index in [4.69, 9.17) is 10.9 Å². The monoisotopic (exact) mass is 294 g/mol. The molecule has 0 bridgehead atoms. The van der Waals surface area contributed by atoms with Crippen LogP contribution in [0.15, 0.2) is 51.3 Å². The van der Waals surface area contributed by atoms with Crippen LogP contribution in [0.25, 0.3) is 0 Å². The molecule has 104 valence electrons. The van der Waals surface area contributed by atoms with Gasteiger partial charge in [0.2, 0.25) is 0 Å². The van der Waals surface area contributed by atoms with Crippen LogP contribution < -0.4 is 5.73 Å². The van der Waals surface area contributed by atoms with Crippen molar-refractivity contribution in [1.29, 1.82) is 0 Å². The average molecular weight is 294 g/mol. The van der Waals surface area contributed by atoms with Crippen LogP contribution in [0.2, 0.25) is 0 Å². The van der Waals surface area contributed by atoms with E-state index in [1.807, 2.05) is 19.1 Å². The molecule has 0 aliphatic carbocycles. The first kappa shape index (κ1) is 14.3. The maximum absolute atomic E-state index is 13.9. The lowest BCUT2D eigenvalue weighted by Crippen LogP contribution is -2.14. The molecule has 20 heavy (non-hydrogen) atoms. The first-order chi connectivity index (χ1) is 9.51. The van der Waals surface area contributed by atoms with E-state index in [1.54, 1.807) is 12.1 Å². The largest absolute Gasteiger partial charge is 0.409 e. The van der Waals surface area contributed by atoms with Crippen molar-refractivity contribution in [3.05, 3.63) is 59.2 Å². The summed E-state index contributed by atoms with van der Waals surface area (Å²) >= 11 is 0.984. The summed E-state index contributed by atoms with van der Waals surface area (Å²) in [5.41, 5.74) is 6.37. The van der Waals surface area contributed by atoms with Gasteiger partial charge in [0.25, 0.3) is 0 Å². The van der Waals surface area contributed by atoms with Gasteiger partial charge in [0.1, 0.15) is 11.6 Å². The van der Waals surface area contributed by atoms with Gasteiger partial charge >= 0.3 is 0 Å². The molecule has 0 heterocycles. The summed E-state index contributed by atoms with van der Waals surface area (Å²) in [5.74, 6) is -1.84. The van der Waals surface area contributed by atoms with Crippen LogP contribution >= 0.6 is 11.8 Å². The van der Waals surface area contributed by atoms with Gasteiger partial charge in [0, 0.05) is 10.5 Å². The van der Waals surface area contributed by atoms with Crippen molar-refractivity contribution >= 4 is 17.6 Å². The fourth-order valence-corrected chi connectivity index (χ4v) is 2.41. The molecule has 0 unspecified atom stereocenters. The molecule has 6 heteroatoms. The quantitative estimate of drug-likeness (QED) is 0.394. The lowest BCUT2D eigenvalue weighted by Gasteiger charge is -2.07. The van der Waals surface area contributed by atoms with Crippen LogP contribution in [-0.2, 0) is 0 Å². The highest BCUT2D eigenvalue weighted by Gasteiger charge is 2.14. The topological polar surface area (TPSA) is 58.6 Å². The summed E-state index contributed by atoms with van der Waals surface area (Å²) in [7, 11) is 0. The Balaban J connectivity index is 2.35. The van der Waals surface area contributed by atoms with E-state index in [2.05, 4.69) is 5.16 Å². The van der Waals surface area contributed by atoms with E-state index in [9.17, 15) is 8.78 Å². The van der Waals surface area contributed by atoms with Crippen LogP contribution in [0, 0.1) is 18.6 Å². The highest BCUT2D eigenvalue weighted by Crippen LogP contribution is 2.32. The Morgan fingerprint density at radius 1 is 1.15 bits per heavy atom. The van der Waals surface area contributed by atoms with Crippen LogP contribution in [0.3, 0.4) is 0 Å². The number of aryl methyl sites for hydroxylation is 1. The number of hydrogen-bond donors (Lipinski definition) is 2. The van der Waals surface area contributed by atoms with Crippen molar-refractivity contribution in [2.45, 2.75) is 16.7 Å². The van der Waals surface area contributed by atoms with E-state index >= 15 is 0 Å². The van der Waals surface area contributed by atoms with Crippen LogP contribution in [0.1, 0.15) is 11.1 Å². The van der Waals surface area contributed by atoms with Gasteiger partial charge in [0.05, 0.1) is 4.90 Å². The van der Waals surface area contributed by atoms with Crippen LogP contribution in [-0.4, -0.2) is 11.0 Å². The van der Waals surface area contributed by atoms with Gasteiger partial charge in [-0.25, -0.2) is 8.78 Å². The Kier molecular flexibility index (Phi) is 4.24. The normalized spacial score (nSPS) is 11.7. The fourth-order valence-electron chi connectivity index (χ4n) is 1.59. The third-order valence-corrected chi connectivity index (χ3v) is 3.74. The average Bonchev–Trinajstić information content (AvgIpc) is 2.43. The first-order valence-electron chi connectivity index (χ1n) is 5.72. The minimum absolute atomic E-state index is 0.00393. The standard InChI is InChI=1S/C14H12F2N2OS/c1-8-2-4-10(5-3-8)20-13-11(15)6-9(7-12(13)16)14(17)18-19/h2-7,19H,1H3,(H2,17,18). The number of nitrogens with zero attached hydrogens (tertiary/aromatic N) is 1. The van der Waals surface area contributed by atoms with Crippen molar-refractivity contribution < 1.29 is 14.0 Å². The number of amidine groups is 1. The molecule has 0 atom stereocenters. The Labute approximate surface area is 119 Å². The molecular formula is C14H12F2N2OS. The summed E-state index contributed by atoms with van der Waals surface area (Å²) in [6, 6.07) is 9.38. The predicted octanol–water partition coefficient (Wildman–Crippen LogP) is 3.52. The van der Waals surface area contributed by atoms with E-state index in [0.29, 0.717) is 0 Å². The van der Waals surface area contributed by atoms with E-state index < -0.39 is 11.6 Å². The molecule has 0 aromatic heterocycles. The molecule has 0 radical (unpaired) electrons. The van der Waals surface area contributed by atoms with Crippen molar-refractivity contribution in [2.75, 3.05) is 0 Å². The molecule has 0 saturated carbocycles. The third-order valence-electron chi connectivity index (χ3n) is 2.64. The lowest BCUT2D eigenvalue weighted by molar-refractivity contribution is 0.318. The van der Waals surface area contributed by atoms with Crippen molar-refractivity contribution in [1.82, 2.24) is 0 Å². The van der Waals surface area contributed by atoms with Gasteiger partial charge in [-0.05, 0) is 31.2 Å². The minimum atomic E-state index is -0.753. The van der Waals surface area contributed by atoms with Gasteiger partial charge in [-0.1, -0.05) is 34.6 Å². The molecule has 2 rings (SSSR count). The number of oxime groups is 1. The lowest BCUT2D eigenvalue weighted by atomic mass is 10.2. The molecule has 0 spiro atoms. The van der Waals surface area contributed by atoms with Gasteiger partial charge in [-0.2, -0.15) is 0 Å². The van der Waals surface area contributed by atoms with Crippen molar-refractivity contribution in [2.24, 2.45) is 10.9 Å². The predicted molar refractivity (Wildman–Crippen MR) is 74.2 cm³/mol. The Hall–Kier alpha value is -2.08. The molecule has 0 aliphatic rings. The third kappa shape index (κ3) is 3.08. The summed E-state index contributed by atoms with van der Waals surface area (Å²) < 4.78 is 27.8. The van der Waals surface area contributed by atoms with Gasteiger partial charge in [-0.3, -0.25) is 0 Å². The molecule has 0 amide bonds. The Bertz CT molecular complexity index is 634. The summed E-state index contributed by atoms with van der Waals surface area (Å²) in [6.07, 6.45) is 0. The maximum Gasteiger partial charge on any atom is 0.170 e. The fraction of sp³-hybridized carbons (Fsp3) is 0.0714. The van der Waals surface area contributed by atoms with Crippen LogP contribution in [0.4, 0.5) is 8.78 Å². The van der Waals surface area contributed by atoms with Gasteiger partial charge in [-0.15, -0.1) is 0 Å². The zero-order chi connectivity index (χ0) is 14.7. The summed E-state index contributed by atoms with van der Waals surface area (Å²) in [4.78, 5) is 0.605. The molecule has 0 aliphatic heterocycles.